The zero-order valence-electron chi connectivity index (χ0n) is 10.7. The topological polar surface area (TPSA) is 95.8 Å². The van der Waals surface area contributed by atoms with Crippen molar-refractivity contribution in [3.63, 3.8) is 0 Å². The fraction of sp³-hybridized carbons (Fsp3) is 0.231. The predicted octanol–water partition coefficient (Wildman–Crippen LogP) is 1.75. The molecule has 2 rings (SSSR count). The molecule has 0 saturated heterocycles. The van der Waals surface area contributed by atoms with E-state index in [9.17, 15) is 4.79 Å². The van der Waals surface area contributed by atoms with Crippen molar-refractivity contribution in [3.05, 3.63) is 47.8 Å². The Labute approximate surface area is 111 Å². The third-order valence-electron chi connectivity index (χ3n) is 2.79. The monoisotopic (exact) mass is 259 g/mol. The lowest BCUT2D eigenvalue weighted by Crippen LogP contribution is -2.31. The van der Waals surface area contributed by atoms with E-state index in [1.54, 1.807) is 12.4 Å². The van der Waals surface area contributed by atoms with Crippen LogP contribution >= 0.6 is 0 Å². The van der Waals surface area contributed by atoms with Crippen molar-refractivity contribution in [1.29, 1.82) is 0 Å². The molecule has 6 nitrogen and oxygen atoms in total. The second kappa shape index (κ2) is 6.01. The highest BCUT2D eigenvalue weighted by molar-refractivity contribution is 5.89. The largest absolute Gasteiger partial charge is 0.331 e. The maximum absolute atomic E-state index is 11.8. The third kappa shape index (κ3) is 3.56. The van der Waals surface area contributed by atoms with Gasteiger partial charge in [-0.15, -0.1) is 0 Å². The quantitative estimate of drug-likeness (QED) is 0.673. The molecular formula is C13H17N5O. The van der Waals surface area contributed by atoms with Gasteiger partial charge in [-0.2, -0.15) is 5.10 Å². The Bertz CT molecular complexity index is 538. The number of benzene rings is 1. The number of hydrogen-bond donors (Lipinski definition) is 4. The van der Waals surface area contributed by atoms with Gasteiger partial charge in [0.05, 0.1) is 12.2 Å². The van der Waals surface area contributed by atoms with Crippen molar-refractivity contribution in [2.24, 2.45) is 5.73 Å². The van der Waals surface area contributed by atoms with E-state index < -0.39 is 0 Å². The number of rotatable bonds is 4. The second-order valence-corrected chi connectivity index (χ2v) is 4.26. The highest BCUT2D eigenvalue weighted by Crippen LogP contribution is 2.12. The number of aromatic amines is 1. The molecule has 0 spiro atoms. The van der Waals surface area contributed by atoms with Crippen LogP contribution in [0.25, 0.3) is 0 Å². The maximum atomic E-state index is 11.8. The normalized spacial score (nSPS) is 11.9. The van der Waals surface area contributed by atoms with Crippen molar-refractivity contribution >= 4 is 11.7 Å². The van der Waals surface area contributed by atoms with Crippen LogP contribution in [0.5, 0.6) is 0 Å². The number of amides is 2. The van der Waals surface area contributed by atoms with Crippen LogP contribution in [0.3, 0.4) is 0 Å². The summed E-state index contributed by atoms with van der Waals surface area (Å²) in [6, 6.07) is 7.07. The van der Waals surface area contributed by atoms with Crippen LogP contribution in [0.4, 0.5) is 10.5 Å². The molecule has 1 heterocycles. The molecule has 0 aliphatic heterocycles. The highest BCUT2D eigenvalue weighted by Gasteiger charge is 2.10. The summed E-state index contributed by atoms with van der Waals surface area (Å²) in [5.41, 5.74) is 8.17. The molecule has 0 aliphatic rings. The van der Waals surface area contributed by atoms with E-state index in [-0.39, 0.29) is 12.1 Å². The van der Waals surface area contributed by atoms with Gasteiger partial charge in [0.15, 0.2) is 0 Å². The summed E-state index contributed by atoms with van der Waals surface area (Å²) >= 11 is 0. The molecule has 100 valence electrons. The van der Waals surface area contributed by atoms with Crippen LogP contribution in [-0.4, -0.2) is 16.2 Å². The molecule has 6 heteroatoms. The zero-order chi connectivity index (χ0) is 13.7. The van der Waals surface area contributed by atoms with Crippen LogP contribution in [0, 0.1) is 0 Å². The van der Waals surface area contributed by atoms with Crippen LogP contribution < -0.4 is 16.4 Å². The average Bonchev–Trinajstić information content (AvgIpc) is 2.92. The van der Waals surface area contributed by atoms with Gasteiger partial charge in [0, 0.05) is 24.0 Å². The summed E-state index contributed by atoms with van der Waals surface area (Å²) in [5, 5.41) is 12.2. The van der Waals surface area contributed by atoms with Crippen LogP contribution in [0.1, 0.15) is 24.1 Å². The molecule has 0 radical (unpaired) electrons. The Morgan fingerprint density at radius 3 is 3.05 bits per heavy atom. The minimum atomic E-state index is -0.261. The molecule has 1 aromatic carbocycles. The fourth-order valence-electron chi connectivity index (χ4n) is 1.72. The van der Waals surface area contributed by atoms with E-state index in [2.05, 4.69) is 20.8 Å². The smallest absolute Gasteiger partial charge is 0.319 e. The Hall–Kier alpha value is -2.34. The maximum Gasteiger partial charge on any atom is 0.319 e. The summed E-state index contributed by atoms with van der Waals surface area (Å²) < 4.78 is 0. The Morgan fingerprint density at radius 2 is 2.37 bits per heavy atom. The van der Waals surface area contributed by atoms with Gasteiger partial charge in [0.25, 0.3) is 0 Å². The van der Waals surface area contributed by atoms with Crippen molar-refractivity contribution in [3.8, 4) is 0 Å². The Balaban J connectivity index is 1.93. The van der Waals surface area contributed by atoms with Crippen molar-refractivity contribution in [2.75, 3.05) is 5.32 Å². The number of aromatic nitrogens is 2. The summed E-state index contributed by atoms with van der Waals surface area (Å²) in [4.78, 5) is 11.8. The zero-order valence-corrected chi connectivity index (χ0v) is 10.7. The van der Waals surface area contributed by atoms with Gasteiger partial charge in [0.1, 0.15) is 0 Å². The van der Waals surface area contributed by atoms with Crippen LogP contribution in [0.15, 0.2) is 36.7 Å². The number of nitrogens with one attached hydrogen (secondary N) is 3. The van der Waals surface area contributed by atoms with E-state index in [0.29, 0.717) is 6.54 Å². The molecule has 1 aromatic heterocycles. The molecule has 1 atom stereocenters. The van der Waals surface area contributed by atoms with Gasteiger partial charge in [-0.3, -0.25) is 5.10 Å². The lowest BCUT2D eigenvalue weighted by Gasteiger charge is -2.13. The van der Waals surface area contributed by atoms with E-state index in [4.69, 9.17) is 5.73 Å². The molecule has 1 unspecified atom stereocenters. The molecule has 0 fully saturated rings. The average molecular weight is 259 g/mol. The molecule has 2 aromatic rings. The number of nitrogens with zero attached hydrogens (tertiary/aromatic N) is 1. The fourth-order valence-corrected chi connectivity index (χ4v) is 1.72. The van der Waals surface area contributed by atoms with Gasteiger partial charge in [0.2, 0.25) is 0 Å². The molecular weight excluding hydrogens is 242 g/mol. The Morgan fingerprint density at radius 1 is 1.53 bits per heavy atom. The van der Waals surface area contributed by atoms with E-state index >= 15 is 0 Å². The lowest BCUT2D eigenvalue weighted by molar-refractivity contribution is 0.249. The first kappa shape index (κ1) is 13.1. The second-order valence-electron chi connectivity index (χ2n) is 4.26. The van der Waals surface area contributed by atoms with E-state index in [1.807, 2.05) is 31.2 Å². The SMILES string of the molecule is CC(NC(=O)Nc1cccc(CN)c1)c1cn[nH]c1. The first-order valence-electron chi connectivity index (χ1n) is 6.04. The standard InChI is InChI=1S/C13H17N5O/c1-9(11-7-15-16-8-11)17-13(19)18-12-4-2-3-10(5-12)6-14/h2-5,7-9H,6,14H2,1H3,(H,15,16)(H2,17,18,19). The molecule has 19 heavy (non-hydrogen) atoms. The predicted molar refractivity (Wildman–Crippen MR) is 73.5 cm³/mol. The van der Waals surface area contributed by atoms with Gasteiger partial charge < -0.3 is 16.4 Å². The van der Waals surface area contributed by atoms with Gasteiger partial charge >= 0.3 is 6.03 Å². The van der Waals surface area contributed by atoms with Crippen LogP contribution in [-0.2, 0) is 6.54 Å². The lowest BCUT2D eigenvalue weighted by atomic mass is 10.2. The first-order chi connectivity index (χ1) is 9.19. The number of nitrogens with two attached hydrogens (primary N) is 1. The van der Waals surface area contributed by atoms with Crippen LogP contribution in [0.2, 0.25) is 0 Å². The number of carbonyl (C=O) groups is 1. The Kier molecular flexibility index (Phi) is 4.15. The van der Waals surface area contributed by atoms with Crippen molar-refractivity contribution in [1.82, 2.24) is 15.5 Å². The van der Waals surface area contributed by atoms with Gasteiger partial charge in [-0.05, 0) is 24.6 Å². The molecule has 0 aliphatic carbocycles. The molecule has 0 bridgehead atoms. The summed E-state index contributed by atoms with van der Waals surface area (Å²) in [6.07, 6.45) is 3.43. The molecule has 5 N–H and O–H groups in total. The number of H-pyrrole nitrogens is 1. The number of carbonyl (C=O) groups excluding carboxylic acids is 1. The van der Waals surface area contributed by atoms with Gasteiger partial charge in [-0.1, -0.05) is 12.1 Å². The number of anilines is 1. The van der Waals surface area contributed by atoms with E-state index in [1.165, 1.54) is 0 Å². The van der Waals surface area contributed by atoms with Crippen molar-refractivity contribution in [2.45, 2.75) is 19.5 Å². The number of urea groups is 1. The van der Waals surface area contributed by atoms with E-state index in [0.717, 1.165) is 16.8 Å². The first-order valence-corrected chi connectivity index (χ1v) is 6.04. The minimum Gasteiger partial charge on any atom is -0.331 e. The molecule has 0 saturated carbocycles. The molecule has 2 amide bonds. The summed E-state index contributed by atoms with van der Waals surface area (Å²) in [5.74, 6) is 0. The minimum absolute atomic E-state index is 0.114. The third-order valence-corrected chi connectivity index (χ3v) is 2.79. The highest BCUT2D eigenvalue weighted by atomic mass is 16.2. The summed E-state index contributed by atoms with van der Waals surface area (Å²) in [7, 11) is 0. The summed E-state index contributed by atoms with van der Waals surface area (Å²) in [6.45, 7) is 2.34. The van der Waals surface area contributed by atoms with Crippen molar-refractivity contribution < 1.29 is 4.79 Å². The number of hydrogen-bond acceptors (Lipinski definition) is 3. The van der Waals surface area contributed by atoms with Gasteiger partial charge in [-0.25, -0.2) is 4.79 Å².